The first-order valence-electron chi connectivity index (χ1n) is 14.2. The Morgan fingerprint density at radius 1 is 0.442 bits per heavy atom. The quantitative estimate of drug-likeness (QED) is 0.205. The van der Waals surface area contributed by atoms with Crippen LogP contribution in [0, 0.1) is 0 Å². The fraction of sp³-hybridized carbons (Fsp3) is 0. The zero-order valence-corrected chi connectivity index (χ0v) is 22.9. The van der Waals surface area contributed by atoms with Gasteiger partial charge in [0.1, 0.15) is 5.58 Å². The van der Waals surface area contributed by atoms with Crippen LogP contribution >= 0.6 is 0 Å². The van der Waals surface area contributed by atoms with Gasteiger partial charge in [-0.3, -0.25) is 0 Å². The molecule has 0 N–H and O–H groups in total. The normalized spacial score (nSPS) is 11.7. The number of rotatable bonds is 3. The zero-order valence-electron chi connectivity index (χ0n) is 22.9. The van der Waals surface area contributed by atoms with Gasteiger partial charge in [0.2, 0.25) is 5.71 Å². The maximum absolute atomic E-state index is 6.08. The van der Waals surface area contributed by atoms with E-state index in [0.29, 0.717) is 23.2 Å². The summed E-state index contributed by atoms with van der Waals surface area (Å²) in [6.07, 6.45) is 1.74. The van der Waals surface area contributed by atoms with Crippen molar-refractivity contribution < 1.29 is 4.42 Å². The van der Waals surface area contributed by atoms with E-state index in [0.717, 1.165) is 38.4 Å². The molecule has 9 aromatic rings. The molecule has 5 heteroatoms. The lowest BCUT2D eigenvalue weighted by atomic mass is 9.95. The summed E-state index contributed by atoms with van der Waals surface area (Å²) in [5.74, 6) is 1.82. The molecule has 5 nitrogen and oxygen atoms in total. The third-order valence-corrected chi connectivity index (χ3v) is 8.16. The van der Waals surface area contributed by atoms with Crippen molar-refractivity contribution in [3.63, 3.8) is 0 Å². The van der Waals surface area contributed by atoms with Crippen molar-refractivity contribution in [2.75, 3.05) is 0 Å². The molecule has 0 saturated carbocycles. The van der Waals surface area contributed by atoms with Crippen molar-refractivity contribution >= 4 is 54.4 Å². The maximum Gasteiger partial charge on any atom is 0.227 e. The summed E-state index contributed by atoms with van der Waals surface area (Å²) in [7, 11) is 0. The van der Waals surface area contributed by atoms with Gasteiger partial charge in [-0.15, -0.1) is 0 Å². The first-order valence-corrected chi connectivity index (χ1v) is 14.2. The lowest BCUT2D eigenvalue weighted by molar-refractivity contribution is 0.654. The molecule has 43 heavy (non-hydrogen) atoms. The smallest absolute Gasteiger partial charge is 0.227 e. The third kappa shape index (κ3) is 3.79. The SMILES string of the molecule is c1ccc(-c2nc(-c3ccc4c(ccc5ccc6ccccc6c54)c3)nc(-c3cccc4oc5ncccc5c34)n2)cc1. The fourth-order valence-electron chi connectivity index (χ4n) is 6.16. The fourth-order valence-corrected chi connectivity index (χ4v) is 6.16. The minimum absolute atomic E-state index is 0.589. The topological polar surface area (TPSA) is 64.7 Å². The molecule has 0 bridgehead atoms. The van der Waals surface area contributed by atoms with Gasteiger partial charge >= 0.3 is 0 Å². The second-order valence-corrected chi connectivity index (χ2v) is 10.7. The minimum atomic E-state index is 0.589. The van der Waals surface area contributed by atoms with Gasteiger partial charge in [-0.05, 0) is 56.6 Å². The zero-order chi connectivity index (χ0) is 28.3. The largest absolute Gasteiger partial charge is 0.438 e. The van der Waals surface area contributed by atoms with Gasteiger partial charge in [-0.1, -0.05) is 103 Å². The summed E-state index contributed by atoms with van der Waals surface area (Å²) in [5, 5.41) is 9.19. The first-order chi connectivity index (χ1) is 21.3. The summed E-state index contributed by atoms with van der Waals surface area (Å²) in [4.78, 5) is 19.5. The van der Waals surface area contributed by atoms with Crippen LogP contribution in [0.4, 0.5) is 0 Å². The number of aromatic nitrogens is 4. The maximum atomic E-state index is 6.08. The molecule has 0 fully saturated rings. The predicted octanol–water partition coefficient (Wildman–Crippen LogP) is 9.63. The Labute approximate surface area is 246 Å². The molecule has 0 aliphatic carbocycles. The van der Waals surface area contributed by atoms with Crippen LogP contribution < -0.4 is 0 Å². The lowest BCUT2D eigenvalue weighted by Crippen LogP contribution is -2.00. The molecular formula is C38H22N4O. The van der Waals surface area contributed by atoms with Crippen LogP contribution in [0.2, 0.25) is 0 Å². The molecule has 0 radical (unpaired) electrons. The van der Waals surface area contributed by atoms with Gasteiger partial charge in [0.25, 0.3) is 0 Å². The van der Waals surface area contributed by atoms with Gasteiger partial charge in [0.15, 0.2) is 17.5 Å². The summed E-state index contributed by atoms with van der Waals surface area (Å²) in [6, 6.07) is 43.8. The third-order valence-electron chi connectivity index (χ3n) is 8.16. The second kappa shape index (κ2) is 9.29. The van der Waals surface area contributed by atoms with E-state index in [1.807, 2.05) is 60.7 Å². The highest BCUT2D eigenvalue weighted by Gasteiger charge is 2.18. The summed E-state index contributed by atoms with van der Waals surface area (Å²) < 4.78 is 6.08. The molecule has 0 spiro atoms. The monoisotopic (exact) mass is 550 g/mol. The van der Waals surface area contributed by atoms with Crippen LogP contribution in [-0.4, -0.2) is 19.9 Å². The van der Waals surface area contributed by atoms with Gasteiger partial charge in [0, 0.05) is 33.7 Å². The predicted molar refractivity (Wildman–Crippen MR) is 174 cm³/mol. The van der Waals surface area contributed by atoms with Crippen LogP contribution in [0.3, 0.4) is 0 Å². The molecule has 0 saturated heterocycles. The first kappa shape index (κ1) is 23.7. The molecule has 0 aliphatic rings. The van der Waals surface area contributed by atoms with Crippen LogP contribution in [0.1, 0.15) is 0 Å². The summed E-state index contributed by atoms with van der Waals surface area (Å²) in [6.45, 7) is 0. The number of nitrogens with zero attached hydrogens (tertiary/aromatic N) is 4. The van der Waals surface area contributed by atoms with Crippen LogP contribution in [0.15, 0.2) is 138 Å². The van der Waals surface area contributed by atoms with E-state index in [-0.39, 0.29) is 0 Å². The molecule has 9 rings (SSSR count). The molecule has 0 amide bonds. The van der Waals surface area contributed by atoms with Crippen LogP contribution in [0.25, 0.3) is 88.5 Å². The van der Waals surface area contributed by atoms with Gasteiger partial charge in [-0.25, -0.2) is 19.9 Å². The van der Waals surface area contributed by atoms with E-state index in [4.69, 9.17) is 19.4 Å². The van der Waals surface area contributed by atoms with Crippen molar-refractivity contribution in [1.82, 2.24) is 19.9 Å². The number of pyridine rings is 1. The Balaban J connectivity index is 1.29. The van der Waals surface area contributed by atoms with Gasteiger partial charge in [-0.2, -0.15) is 0 Å². The molecule has 0 aliphatic heterocycles. The number of fused-ring (bicyclic) bond motifs is 8. The summed E-state index contributed by atoms with van der Waals surface area (Å²) >= 11 is 0. The van der Waals surface area contributed by atoms with Gasteiger partial charge < -0.3 is 4.42 Å². The van der Waals surface area contributed by atoms with E-state index in [1.165, 1.54) is 26.9 Å². The Bertz CT molecular complexity index is 2520. The average Bonchev–Trinajstić information content (AvgIpc) is 3.47. The van der Waals surface area contributed by atoms with Crippen molar-refractivity contribution in [3.05, 3.63) is 134 Å². The highest BCUT2D eigenvalue weighted by Crippen LogP contribution is 2.37. The molecule has 6 aromatic carbocycles. The molecule has 3 heterocycles. The number of hydrogen-bond acceptors (Lipinski definition) is 5. The average molecular weight is 551 g/mol. The number of benzene rings is 6. The molecule has 0 atom stereocenters. The number of furan rings is 1. The van der Waals surface area contributed by atoms with E-state index >= 15 is 0 Å². The van der Waals surface area contributed by atoms with Crippen molar-refractivity contribution in [3.8, 4) is 34.2 Å². The minimum Gasteiger partial charge on any atom is -0.438 e. The summed E-state index contributed by atoms with van der Waals surface area (Å²) in [5.41, 5.74) is 4.08. The van der Waals surface area contributed by atoms with Crippen LogP contribution in [0.5, 0.6) is 0 Å². The Hall–Kier alpha value is -5.94. The Morgan fingerprint density at radius 2 is 1.16 bits per heavy atom. The van der Waals surface area contributed by atoms with Gasteiger partial charge in [0.05, 0.1) is 0 Å². The van der Waals surface area contributed by atoms with Crippen molar-refractivity contribution in [2.24, 2.45) is 0 Å². The molecule has 3 aromatic heterocycles. The van der Waals surface area contributed by atoms with Crippen molar-refractivity contribution in [1.29, 1.82) is 0 Å². The highest BCUT2D eigenvalue weighted by atomic mass is 16.3. The number of hydrogen-bond donors (Lipinski definition) is 0. The van der Waals surface area contributed by atoms with E-state index in [9.17, 15) is 0 Å². The standard InChI is InChI=1S/C38H22N4O/c1-2-9-25(10-3-1)35-40-36(42-37(41-35)30-12-6-14-32-34(30)31-13-7-21-39-38(31)43-32)27-19-20-29-26(22-27)18-17-24-16-15-23-8-4-5-11-28(23)33(24)29/h1-22H. The molecular weight excluding hydrogens is 528 g/mol. The van der Waals surface area contributed by atoms with E-state index in [1.54, 1.807) is 6.20 Å². The Kier molecular flexibility index (Phi) is 5.13. The highest BCUT2D eigenvalue weighted by molar-refractivity contribution is 6.20. The molecule has 200 valence electrons. The van der Waals surface area contributed by atoms with E-state index < -0.39 is 0 Å². The second-order valence-electron chi connectivity index (χ2n) is 10.7. The lowest BCUT2D eigenvalue weighted by Gasteiger charge is -2.11. The van der Waals surface area contributed by atoms with E-state index in [2.05, 4.69) is 71.7 Å². The van der Waals surface area contributed by atoms with Crippen LogP contribution in [-0.2, 0) is 0 Å². The Morgan fingerprint density at radius 3 is 2.07 bits per heavy atom. The van der Waals surface area contributed by atoms with Crippen molar-refractivity contribution in [2.45, 2.75) is 0 Å². The molecule has 0 unspecified atom stereocenters.